The second kappa shape index (κ2) is 34.6. The van der Waals surface area contributed by atoms with Gasteiger partial charge in [-0.15, -0.1) is 0 Å². The van der Waals surface area contributed by atoms with Gasteiger partial charge in [0, 0.05) is 60.3 Å². The molecule has 0 aliphatic rings. The molecule has 0 bridgehead atoms. The maximum absolute atomic E-state index is 2.14. The molecule has 5 heavy (non-hydrogen) atoms. The maximum atomic E-state index is 2.14. The molecular weight excluding hydrogens is 250 g/mol. The molecule has 0 aliphatic heterocycles. The van der Waals surface area contributed by atoms with Gasteiger partial charge < -0.3 is 0 Å². The third-order valence-electron chi connectivity index (χ3n) is 0. The first-order chi connectivity index (χ1) is 1.00. The summed E-state index contributed by atoms with van der Waals surface area (Å²) in [5.41, 5.74) is 0. The van der Waals surface area contributed by atoms with Gasteiger partial charge in [0.05, 0.1) is 7.44 Å². The third kappa shape index (κ3) is 22.6. The summed E-state index contributed by atoms with van der Waals surface area (Å²) in [7, 11) is 3.44. The van der Waals surface area contributed by atoms with E-state index >= 15 is 0 Å². The zero-order valence-corrected chi connectivity index (χ0v) is 9.66. The van der Waals surface area contributed by atoms with Crippen LogP contribution in [0.5, 0.6) is 0 Å². The fourth-order valence-corrected chi connectivity index (χ4v) is 0. The van der Waals surface area contributed by atoms with Crippen LogP contribution in [0.2, 0.25) is 0 Å². The minimum atomic E-state index is 0. The minimum Gasteiger partial charge on any atom is -0.0304 e. The van der Waals surface area contributed by atoms with E-state index in [9.17, 15) is 0 Å². The molecule has 0 aromatic rings. The third-order valence-corrected chi connectivity index (χ3v) is 0. The molecule has 0 nitrogen and oxygen atoms in total. The predicted molar refractivity (Wildman–Crippen MR) is 18.5 cm³/mol. The summed E-state index contributed by atoms with van der Waals surface area (Å²) in [6.45, 7) is 0. The summed E-state index contributed by atoms with van der Waals surface area (Å²) in [4.78, 5) is 0. The van der Waals surface area contributed by atoms with Gasteiger partial charge >= 0.3 is 0 Å². The van der Waals surface area contributed by atoms with Gasteiger partial charge in [-0.1, -0.05) is 0 Å². The standard InChI is InChI=1S/BH5Si.Cu.Fe.Zr/c1-2;;;/h1H2,2H3;;;. The van der Waals surface area contributed by atoms with Crippen molar-refractivity contribution >= 4 is 17.6 Å². The van der Waals surface area contributed by atoms with Gasteiger partial charge in [0.25, 0.3) is 0 Å². The van der Waals surface area contributed by atoms with Crippen LogP contribution in [0.3, 0.4) is 0 Å². The molecule has 0 heterocycles. The van der Waals surface area contributed by atoms with Crippen molar-refractivity contribution in [3.63, 3.8) is 0 Å². The smallest absolute Gasteiger partial charge is 0.0304 e. The van der Waals surface area contributed by atoms with E-state index < -0.39 is 0 Å². The summed E-state index contributed by atoms with van der Waals surface area (Å²) in [5, 5.41) is 0. The van der Waals surface area contributed by atoms with Gasteiger partial charge in [0.1, 0.15) is 0 Å². The molecule has 0 saturated carbocycles. The van der Waals surface area contributed by atoms with Crippen molar-refractivity contribution in [2.24, 2.45) is 0 Å². The van der Waals surface area contributed by atoms with E-state index in [0.717, 1.165) is 0 Å². The van der Waals surface area contributed by atoms with Crippen LogP contribution in [-0.4, -0.2) is 17.6 Å². The fourth-order valence-electron chi connectivity index (χ4n) is 0. The zero-order chi connectivity index (χ0) is 2.00. The van der Waals surface area contributed by atoms with Gasteiger partial charge in [-0.3, -0.25) is 0 Å². The Hall–Kier alpha value is 2.20. The largest absolute Gasteiger partial charge is 0.0852 e. The van der Waals surface area contributed by atoms with Crippen LogP contribution < -0.4 is 0 Å². The van der Waals surface area contributed by atoms with Gasteiger partial charge in [0.2, 0.25) is 0 Å². The van der Waals surface area contributed by atoms with Crippen molar-refractivity contribution in [2.45, 2.75) is 0 Å². The molecule has 0 aromatic carbocycles. The van der Waals surface area contributed by atoms with Crippen LogP contribution >= 0.6 is 0 Å². The normalized spacial score (nSPS) is 1.60. The van der Waals surface area contributed by atoms with E-state index in [1.807, 2.05) is 0 Å². The quantitative estimate of drug-likeness (QED) is 0.434. The predicted octanol–water partition coefficient (Wildman–Crippen LogP) is -2.11. The van der Waals surface area contributed by atoms with Gasteiger partial charge in [-0.25, -0.2) is 0 Å². The molecule has 0 saturated heterocycles. The second-order valence-electron chi connectivity index (χ2n) is 0. The Labute approximate surface area is 77.1 Å². The molecule has 5 heteroatoms. The van der Waals surface area contributed by atoms with Crippen LogP contribution in [-0.2, 0) is 60.3 Å². The van der Waals surface area contributed by atoms with E-state index in [4.69, 9.17) is 0 Å². The molecule has 0 aromatic heterocycles. The van der Waals surface area contributed by atoms with Crippen molar-refractivity contribution in [2.75, 3.05) is 0 Å². The van der Waals surface area contributed by atoms with Crippen molar-refractivity contribution in [3.8, 4) is 0 Å². The summed E-state index contributed by atoms with van der Waals surface area (Å²) in [6, 6.07) is 0. The van der Waals surface area contributed by atoms with E-state index in [0.29, 0.717) is 0 Å². The Balaban J connectivity index is -0.00000000167. The van der Waals surface area contributed by atoms with E-state index in [1.54, 1.807) is 0 Å². The van der Waals surface area contributed by atoms with Gasteiger partial charge in [-0.2, -0.15) is 0 Å². The van der Waals surface area contributed by atoms with Crippen molar-refractivity contribution in [1.29, 1.82) is 0 Å². The number of hydrogen-bond donors (Lipinski definition) is 0. The summed E-state index contributed by atoms with van der Waals surface area (Å²) >= 11 is 0. The minimum absolute atomic E-state index is 0. The first kappa shape index (κ1) is 27.0. The Bertz CT molecular complexity index is 11.6. The average molecular weight is 255 g/mol. The first-order valence-electron chi connectivity index (χ1n) is 1.00. The Morgan fingerprint density at radius 3 is 1.20 bits per heavy atom. The molecule has 0 rings (SSSR count). The molecule has 0 aliphatic carbocycles. The molecule has 1 radical (unpaired) electrons. The van der Waals surface area contributed by atoms with E-state index in [2.05, 4.69) is 7.44 Å². The molecule has 0 amide bonds. The molecule has 0 N–H and O–H groups in total. The molecule has 35 valence electrons. The van der Waals surface area contributed by atoms with Crippen molar-refractivity contribution < 1.29 is 60.3 Å². The van der Waals surface area contributed by atoms with Crippen molar-refractivity contribution in [1.82, 2.24) is 0 Å². The molecule has 0 unspecified atom stereocenters. The van der Waals surface area contributed by atoms with E-state index in [-0.39, 0.29) is 60.3 Å². The maximum Gasteiger partial charge on any atom is 0.0852 e. The van der Waals surface area contributed by atoms with Crippen molar-refractivity contribution in [3.05, 3.63) is 0 Å². The molecule has 0 fully saturated rings. The topological polar surface area (TPSA) is 0 Å². The molecule has 0 atom stereocenters. The molecular formula is H5BCuFeSiZr. The van der Waals surface area contributed by atoms with Crippen LogP contribution in [0.1, 0.15) is 0 Å². The summed E-state index contributed by atoms with van der Waals surface area (Å²) < 4.78 is 0. The van der Waals surface area contributed by atoms with Crippen LogP contribution in [0.4, 0.5) is 0 Å². The number of hydrogen-bond acceptors (Lipinski definition) is 0. The Morgan fingerprint density at radius 2 is 1.20 bits per heavy atom. The number of rotatable bonds is 0. The van der Waals surface area contributed by atoms with Gasteiger partial charge in [-0.05, 0) is 10.1 Å². The van der Waals surface area contributed by atoms with Gasteiger partial charge in [0.15, 0.2) is 0 Å². The summed E-state index contributed by atoms with van der Waals surface area (Å²) in [5.74, 6) is 0. The molecule has 0 spiro atoms. The fraction of sp³-hybridized carbons (Fsp3) is 0. The Morgan fingerprint density at radius 1 is 1.20 bits per heavy atom. The van der Waals surface area contributed by atoms with Crippen LogP contribution in [0.25, 0.3) is 0 Å². The zero-order valence-electron chi connectivity index (χ0n) is 3.16. The van der Waals surface area contributed by atoms with Crippen LogP contribution in [0, 0.1) is 0 Å². The Kier molecular flexibility index (Phi) is 187. The monoisotopic (exact) mass is 253 g/mol. The average Bonchev–Trinajstić information content (AvgIpc) is 1.00. The van der Waals surface area contributed by atoms with Crippen LogP contribution in [0.15, 0.2) is 0 Å². The first-order valence-corrected chi connectivity index (χ1v) is 3.00. The second-order valence-corrected chi connectivity index (χ2v) is 0. The van der Waals surface area contributed by atoms with E-state index in [1.165, 1.54) is 10.1 Å². The SMILES string of the molecule is B[SiH3].[Cu].[Fe].[Zr]. The summed E-state index contributed by atoms with van der Waals surface area (Å²) in [6.07, 6.45) is 0.